The number of hydrogen-bond donors (Lipinski definition) is 0. The van der Waals surface area contributed by atoms with E-state index < -0.39 is 29.1 Å². The number of allylic oxidation sites excluding steroid dienone is 3. The van der Waals surface area contributed by atoms with Crippen LogP contribution in [0.2, 0.25) is 5.15 Å². The van der Waals surface area contributed by atoms with Crippen LogP contribution in [0, 0.1) is 17.2 Å². The third kappa shape index (κ3) is 4.93. The monoisotopic (exact) mass is 443 g/mol. The van der Waals surface area contributed by atoms with Gasteiger partial charge in [-0.3, -0.25) is 14.3 Å². The van der Waals surface area contributed by atoms with Crippen molar-refractivity contribution in [3.05, 3.63) is 68.6 Å². The summed E-state index contributed by atoms with van der Waals surface area (Å²) in [5, 5.41) is 9.37. The summed E-state index contributed by atoms with van der Waals surface area (Å²) in [7, 11) is 0. The zero-order valence-electron chi connectivity index (χ0n) is 14.3. The summed E-state index contributed by atoms with van der Waals surface area (Å²) in [6, 6.07) is 1.93. The molecule has 0 saturated heterocycles. The predicted molar refractivity (Wildman–Crippen MR) is 96.0 cm³/mol. The van der Waals surface area contributed by atoms with Crippen LogP contribution in [-0.4, -0.2) is 19.5 Å². The number of nitriles is 1. The molecule has 0 aliphatic heterocycles. The van der Waals surface area contributed by atoms with Crippen molar-refractivity contribution in [1.82, 2.24) is 19.5 Å². The molecule has 29 heavy (non-hydrogen) atoms. The molecule has 0 saturated carbocycles. The second-order valence-electron chi connectivity index (χ2n) is 5.89. The van der Waals surface area contributed by atoms with Gasteiger partial charge in [0.1, 0.15) is 10.9 Å². The molecule has 3 rings (SSSR count). The first kappa shape index (κ1) is 20.8. The van der Waals surface area contributed by atoms with Crippen LogP contribution in [0.4, 0.5) is 13.2 Å². The topological polar surface area (TPSA) is 93.7 Å². The van der Waals surface area contributed by atoms with Crippen molar-refractivity contribution >= 4 is 23.2 Å². The molecule has 7 nitrogen and oxygen atoms in total. The molecule has 12 heteroatoms. The Morgan fingerprint density at radius 1 is 1.28 bits per heavy atom. The Bertz CT molecular complexity index is 1090. The average Bonchev–Trinajstić information content (AvgIpc) is 2.65. The van der Waals surface area contributed by atoms with Gasteiger partial charge in [-0.05, 0) is 12.2 Å². The maximum Gasteiger partial charge on any atom is 0.437 e. The van der Waals surface area contributed by atoms with Crippen molar-refractivity contribution in [3.8, 4) is 11.8 Å². The van der Waals surface area contributed by atoms with Crippen molar-refractivity contribution in [2.75, 3.05) is 0 Å². The van der Waals surface area contributed by atoms with Gasteiger partial charge in [0.25, 0.3) is 5.56 Å². The van der Waals surface area contributed by atoms with Crippen molar-refractivity contribution in [2.24, 2.45) is 5.92 Å². The summed E-state index contributed by atoms with van der Waals surface area (Å²) in [4.78, 5) is 23.8. The Balaban J connectivity index is 2.03. The molecule has 0 radical (unpaired) electrons. The maximum absolute atomic E-state index is 13.4. The summed E-state index contributed by atoms with van der Waals surface area (Å²) in [6.45, 7) is -0.207. The third-order valence-electron chi connectivity index (χ3n) is 3.74. The molecule has 1 unspecified atom stereocenters. The van der Waals surface area contributed by atoms with E-state index >= 15 is 0 Å². The van der Waals surface area contributed by atoms with Gasteiger partial charge in [-0.1, -0.05) is 23.2 Å². The Morgan fingerprint density at radius 3 is 2.66 bits per heavy atom. The van der Waals surface area contributed by atoms with Gasteiger partial charge in [-0.2, -0.15) is 18.4 Å². The molecule has 2 aromatic rings. The van der Waals surface area contributed by atoms with Crippen LogP contribution in [0.1, 0.15) is 17.8 Å². The van der Waals surface area contributed by atoms with Crippen LogP contribution >= 0.6 is 23.2 Å². The number of aromatic nitrogens is 4. The van der Waals surface area contributed by atoms with E-state index in [4.69, 9.17) is 33.2 Å². The maximum atomic E-state index is 13.4. The number of nitrogens with zero attached hydrogens (tertiary/aromatic N) is 5. The van der Waals surface area contributed by atoms with Crippen LogP contribution in [0.15, 0.2) is 46.5 Å². The minimum absolute atomic E-state index is 0.121. The summed E-state index contributed by atoms with van der Waals surface area (Å²) in [6.07, 6.45) is 1.04. The number of rotatable bonds is 4. The van der Waals surface area contributed by atoms with E-state index in [9.17, 15) is 18.0 Å². The second kappa shape index (κ2) is 8.23. The lowest BCUT2D eigenvalue weighted by atomic mass is 10.0. The summed E-state index contributed by atoms with van der Waals surface area (Å²) >= 11 is 11.6. The minimum Gasteiger partial charge on any atom is -0.449 e. The number of ether oxygens (including phenoxy) is 1. The van der Waals surface area contributed by atoms with Gasteiger partial charge in [0, 0.05) is 11.5 Å². The van der Waals surface area contributed by atoms with Gasteiger partial charge in [0.15, 0.2) is 5.69 Å². The Kier molecular flexibility index (Phi) is 5.91. The van der Waals surface area contributed by atoms with Crippen molar-refractivity contribution in [2.45, 2.75) is 19.1 Å². The fourth-order valence-electron chi connectivity index (χ4n) is 2.46. The van der Waals surface area contributed by atoms with Crippen LogP contribution < -0.4 is 10.3 Å². The fraction of sp³-hybridized carbons (Fsp3) is 0.235. The van der Waals surface area contributed by atoms with Crippen LogP contribution in [0.5, 0.6) is 5.75 Å². The van der Waals surface area contributed by atoms with E-state index in [1.54, 1.807) is 0 Å². The second-order valence-corrected chi connectivity index (χ2v) is 6.76. The molecule has 0 N–H and O–H groups in total. The zero-order valence-corrected chi connectivity index (χ0v) is 15.8. The molecule has 2 aromatic heterocycles. The molecule has 1 atom stereocenters. The number of alkyl halides is 3. The molecular weight excluding hydrogens is 434 g/mol. The Morgan fingerprint density at radius 2 is 2.03 bits per heavy atom. The number of halogens is 5. The fourth-order valence-corrected chi connectivity index (χ4v) is 2.84. The Hall–Kier alpha value is -2.90. The largest absolute Gasteiger partial charge is 0.449 e. The van der Waals surface area contributed by atoms with Gasteiger partial charge in [0.2, 0.25) is 5.75 Å². The van der Waals surface area contributed by atoms with Crippen LogP contribution in [-0.2, 0) is 12.7 Å². The first-order valence-corrected chi connectivity index (χ1v) is 8.71. The first-order chi connectivity index (χ1) is 13.7. The van der Waals surface area contributed by atoms with E-state index in [0.717, 1.165) is 10.9 Å². The van der Waals surface area contributed by atoms with Gasteiger partial charge < -0.3 is 4.74 Å². The SMILES string of the molecule is N#CC1C=C(Oc2c(C(F)(F)F)ncn(Cc3cnc(Cl)cn3)c2=O)C=C(Cl)C1. The summed E-state index contributed by atoms with van der Waals surface area (Å²) < 4.78 is 46.2. The molecular formula is C17H10Cl2F3N5O2. The molecule has 0 aromatic carbocycles. The summed E-state index contributed by atoms with van der Waals surface area (Å²) in [5.74, 6) is -1.88. The molecule has 0 bridgehead atoms. The summed E-state index contributed by atoms with van der Waals surface area (Å²) in [5.41, 5.74) is -2.31. The highest BCUT2D eigenvalue weighted by Gasteiger charge is 2.39. The average molecular weight is 444 g/mol. The van der Waals surface area contributed by atoms with Crippen molar-refractivity contribution in [3.63, 3.8) is 0 Å². The smallest absolute Gasteiger partial charge is 0.437 e. The lowest BCUT2D eigenvalue weighted by molar-refractivity contribution is -0.142. The molecule has 150 valence electrons. The van der Waals surface area contributed by atoms with Crippen molar-refractivity contribution < 1.29 is 17.9 Å². The van der Waals surface area contributed by atoms with Crippen LogP contribution in [0.25, 0.3) is 0 Å². The van der Waals surface area contributed by atoms with E-state index in [0.29, 0.717) is 0 Å². The highest BCUT2D eigenvalue weighted by Crippen LogP contribution is 2.34. The molecule has 0 spiro atoms. The lowest BCUT2D eigenvalue weighted by Gasteiger charge is -2.17. The third-order valence-corrected chi connectivity index (χ3v) is 4.19. The van der Waals surface area contributed by atoms with Gasteiger partial charge in [0.05, 0.1) is 42.9 Å². The van der Waals surface area contributed by atoms with Gasteiger partial charge >= 0.3 is 6.18 Å². The van der Waals surface area contributed by atoms with E-state index in [2.05, 4.69) is 15.0 Å². The zero-order chi connectivity index (χ0) is 21.2. The lowest BCUT2D eigenvalue weighted by Crippen LogP contribution is -2.27. The minimum atomic E-state index is -4.94. The highest BCUT2D eigenvalue weighted by atomic mass is 35.5. The molecule has 0 fully saturated rings. The predicted octanol–water partition coefficient (Wildman–Crippen LogP) is 3.68. The first-order valence-electron chi connectivity index (χ1n) is 7.96. The van der Waals surface area contributed by atoms with E-state index in [1.165, 1.54) is 24.5 Å². The molecule has 2 heterocycles. The Labute approximate surface area is 171 Å². The molecule has 1 aliphatic carbocycles. The highest BCUT2D eigenvalue weighted by molar-refractivity contribution is 6.30. The van der Waals surface area contributed by atoms with E-state index in [-0.39, 0.29) is 34.6 Å². The quantitative estimate of drug-likeness (QED) is 0.715. The number of hydrogen-bond acceptors (Lipinski definition) is 6. The van der Waals surface area contributed by atoms with Gasteiger partial charge in [-0.15, -0.1) is 0 Å². The van der Waals surface area contributed by atoms with Crippen molar-refractivity contribution in [1.29, 1.82) is 5.26 Å². The standard InChI is InChI=1S/C17H10Cl2F3N5O2/c18-10-1-9(4-23)2-12(3-10)29-14-15(17(20,21)22)26-8-27(16(14)28)7-11-5-25-13(19)6-24-11/h2-3,5-6,8-9H,1,7H2. The van der Waals surface area contributed by atoms with E-state index in [1.807, 2.05) is 6.07 Å². The normalized spacial score (nSPS) is 16.6. The van der Waals surface area contributed by atoms with Crippen LogP contribution in [0.3, 0.4) is 0 Å². The molecule has 0 amide bonds. The van der Waals surface area contributed by atoms with Gasteiger partial charge in [-0.25, -0.2) is 9.97 Å². The molecule has 1 aliphatic rings.